The van der Waals surface area contributed by atoms with E-state index in [1.807, 2.05) is 19.9 Å². The standard InChI is InChI=1S/C11H18N4O2/c1-3-12-9-7-10(15-8(2)14-9)13-6-4-5-11(16)17/h7H,3-6H2,1-2H3,(H,16,17)(H2,12,13,14,15). The molecule has 0 bridgehead atoms. The summed E-state index contributed by atoms with van der Waals surface area (Å²) in [6.45, 7) is 5.21. The van der Waals surface area contributed by atoms with Crippen molar-refractivity contribution in [1.82, 2.24) is 9.97 Å². The minimum atomic E-state index is -0.779. The Balaban J connectivity index is 2.49. The Kier molecular flexibility index (Phi) is 5.19. The van der Waals surface area contributed by atoms with E-state index in [-0.39, 0.29) is 6.42 Å². The molecule has 6 nitrogen and oxygen atoms in total. The van der Waals surface area contributed by atoms with Gasteiger partial charge in [0.1, 0.15) is 17.5 Å². The molecule has 0 spiro atoms. The molecule has 1 aromatic heterocycles. The number of hydrogen-bond acceptors (Lipinski definition) is 5. The molecule has 0 aliphatic carbocycles. The lowest BCUT2D eigenvalue weighted by Crippen LogP contribution is -2.08. The first-order chi connectivity index (χ1) is 8.11. The molecular weight excluding hydrogens is 220 g/mol. The number of aliphatic carboxylic acids is 1. The van der Waals surface area contributed by atoms with Crippen LogP contribution in [0.2, 0.25) is 0 Å². The zero-order chi connectivity index (χ0) is 12.7. The van der Waals surface area contributed by atoms with Crippen LogP contribution in [0, 0.1) is 6.92 Å². The molecule has 0 aliphatic heterocycles. The molecule has 0 amide bonds. The maximum atomic E-state index is 10.3. The highest BCUT2D eigenvalue weighted by atomic mass is 16.4. The van der Waals surface area contributed by atoms with Crippen molar-refractivity contribution in [3.05, 3.63) is 11.9 Å². The van der Waals surface area contributed by atoms with Crippen molar-refractivity contribution in [2.24, 2.45) is 0 Å². The second-order valence-corrected chi connectivity index (χ2v) is 3.64. The summed E-state index contributed by atoms with van der Waals surface area (Å²) in [4.78, 5) is 18.8. The summed E-state index contributed by atoms with van der Waals surface area (Å²) < 4.78 is 0. The smallest absolute Gasteiger partial charge is 0.303 e. The second kappa shape index (κ2) is 6.67. The summed E-state index contributed by atoms with van der Waals surface area (Å²) in [6.07, 6.45) is 0.742. The van der Waals surface area contributed by atoms with E-state index in [1.165, 1.54) is 0 Å². The maximum absolute atomic E-state index is 10.3. The molecule has 0 radical (unpaired) electrons. The van der Waals surface area contributed by atoms with E-state index in [1.54, 1.807) is 0 Å². The topological polar surface area (TPSA) is 87.1 Å². The third-order valence-electron chi connectivity index (χ3n) is 2.07. The van der Waals surface area contributed by atoms with Crippen LogP contribution in [0.1, 0.15) is 25.6 Å². The molecule has 3 N–H and O–H groups in total. The number of carbonyl (C=O) groups is 1. The Morgan fingerprint density at radius 2 is 2.00 bits per heavy atom. The number of nitrogens with one attached hydrogen (secondary N) is 2. The Bertz CT molecular complexity index is 382. The van der Waals surface area contributed by atoms with Crippen molar-refractivity contribution in [3.8, 4) is 0 Å². The molecule has 0 saturated heterocycles. The molecule has 0 aromatic carbocycles. The van der Waals surface area contributed by atoms with Crippen molar-refractivity contribution >= 4 is 17.6 Å². The van der Waals surface area contributed by atoms with Gasteiger partial charge in [0.05, 0.1) is 0 Å². The molecule has 1 aromatic rings. The molecule has 1 heterocycles. The van der Waals surface area contributed by atoms with E-state index in [2.05, 4.69) is 20.6 Å². The molecule has 0 fully saturated rings. The van der Waals surface area contributed by atoms with Crippen LogP contribution in [-0.2, 0) is 4.79 Å². The lowest BCUT2D eigenvalue weighted by Gasteiger charge is -2.08. The number of aryl methyl sites for hydroxylation is 1. The Morgan fingerprint density at radius 3 is 2.59 bits per heavy atom. The number of hydrogen-bond donors (Lipinski definition) is 3. The number of aromatic nitrogens is 2. The highest BCUT2D eigenvalue weighted by Crippen LogP contribution is 2.10. The van der Waals surface area contributed by atoms with Crippen LogP contribution in [-0.4, -0.2) is 34.1 Å². The van der Waals surface area contributed by atoms with Crippen LogP contribution in [0.5, 0.6) is 0 Å². The minimum absolute atomic E-state index is 0.164. The van der Waals surface area contributed by atoms with Gasteiger partial charge in [-0.05, 0) is 20.3 Å². The molecular formula is C11H18N4O2. The highest BCUT2D eigenvalue weighted by Gasteiger charge is 2.01. The van der Waals surface area contributed by atoms with Crippen LogP contribution in [0.25, 0.3) is 0 Å². The van der Waals surface area contributed by atoms with Gasteiger partial charge in [-0.2, -0.15) is 0 Å². The second-order valence-electron chi connectivity index (χ2n) is 3.64. The van der Waals surface area contributed by atoms with Crippen molar-refractivity contribution in [3.63, 3.8) is 0 Å². The first kappa shape index (κ1) is 13.2. The summed E-state index contributed by atoms with van der Waals surface area (Å²) in [7, 11) is 0. The van der Waals surface area contributed by atoms with Gasteiger partial charge in [-0.3, -0.25) is 4.79 Å². The molecule has 6 heteroatoms. The van der Waals surface area contributed by atoms with Gasteiger partial charge < -0.3 is 15.7 Å². The van der Waals surface area contributed by atoms with Gasteiger partial charge in [-0.1, -0.05) is 0 Å². The van der Waals surface area contributed by atoms with E-state index in [0.29, 0.717) is 18.8 Å². The lowest BCUT2D eigenvalue weighted by molar-refractivity contribution is -0.137. The van der Waals surface area contributed by atoms with Gasteiger partial charge >= 0.3 is 5.97 Å². The third-order valence-corrected chi connectivity index (χ3v) is 2.07. The summed E-state index contributed by atoms with van der Waals surface area (Å²) >= 11 is 0. The molecule has 17 heavy (non-hydrogen) atoms. The molecule has 0 saturated carbocycles. The van der Waals surface area contributed by atoms with Crippen LogP contribution in [0.4, 0.5) is 11.6 Å². The van der Waals surface area contributed by atoms with Crippen molar-refractivity contribution in [2.45, 2.75) is 26.7 Å². The Morgan fingerprint density at radius 1 is 1.35 bits per heavy atom. The molecule has 94 valence electrons. The average molecular weight is 238 g/mol. The number of rotatable bonds is 7. The molecule has 0 atom stereocenters. The predicted octanol–water partition coefficient (Wildman–Crippen LogP) is 1.49. The number of anilines is 2. The number of carboxylic acids is 1. The van der Waals surface area contributed by atoms with Gasteiger partial charge in [0.15, 0.2) is 0 Å². The summed E-state index contributed by atoms with van der Waals surface area (Å²) in [6, 6.07) is 1.82. The zero-order valence-electron chi connectivity index (χ0n) is 10.2. The van der Waals surface area contributed by atoms with Crippen LogP contribution < -0.4 is 10.6 Å². The fourth-order valence-corrected chi connectivity index (χ4v) is 1.39. The normalized spacial score (nSPS) is 10.0. The van der Waals surface area contributed by atoms with E-state index in [4.69, 9.17) is 5.11 Å². The van der Waals surface area contributed by atoms with Crippen molar-refractivity contribution < 1.29 is 9.90 Å². The number of nitrogens with zero attached hydrogens (tertiary/aromatic N) is 2. The predicted molar refractivity (Wildman–Crippen MR) is 66.3 cm³/mol. The van der Waals surface area contributed by atoms with E-state index >= 15 is 0 Å². The van der Waals surface area contributed by atoms with Crippen LogP contribution in [0.3, 0.4) is 0 Å². The monoisotopic (exact) mass is 238 g/mol. The fourth-order valence-electron chi connectivity index (χ4n) is 1.39. The Hall–Kier alpha value is -1.85. The largest absolute Gasteiger partial charge is 0.481 e. The third kappa shape index (κ3) is 5.14. The van der Waals surface area contributed by atoms with E-state index in [0.717, 1.165) is 18.2 Å². The van der Waals surface area contributed by atoms with Gasteiger partial charge in [-0.25, -0.2) is 9.97 Å². The van der Waals surface area contributed by atoms with Gasteiger partial charge in [-0.15, -0.1) is 0 Å². The first-order valence-corrected chi connectivity index (χ1v) is 5.67. The van der Waals surface area contributed by atoms with E-state index in [9.17, 15) is 4.79 Å². The van der Waals surface area contributed by atoms with Crippen molar-refractivity contribution in [1.29, 1.82) is 0 Å². The van der Waals surface area contributed by atoms with Crippen LogP contribution in [0.15, 0.2) is 6.07 Å². The Labute approximate surface area is 100 Å². The fraction of sp³-hybridized carbons (Fsp3) is 0.545. The highest BCUT2D eigenvalue weighted by molar-refractivity contribution is 5.66. The van der Waals surface area contributed by atoms with Gasteiger partial charge in [0.25, 0.3) is 0 Å². The first-order valence-electron chi connectivity index (χ1n) is 5.67. The van der Waals surface area contributed by atoms with Crippen LogP contribution >= 0.6 is 0 Å². The summed E-state index contributed by atoms with van der Waals surface area (Å²) in [5.41, 5.74) is 0. The summed E-state index contributed by atoms with van der Waals surface area (Å²) in [5.74, 6) is 1.41. The van der Waals surface area contributed by atoms with Gasteiger partial charge in [0, 0.05) is 25.6 Å². The SMILES string of the molecule is CCNc1cc(NCCCC(=O)O)nc(C)n1. The molecule has 1 rings (SSSR count). The van der Waals surface area contributed by atoms with Crippen molar-refractivity contribution in [2.75, 3.05) is 23.7 Å². The molecule has 0 unspecified atom stereocenters. The summed E-state index contributed by atoms with van der Waals surface area (Å²) in [5, 5.41) is 14.7. The van der Waals surface area contributed by atoms with E-state index < -0.39 is 5.97 Å². The zero-order valence-corrected chi connectivity index (χ0v) is 10.2. The lowest BCUT2D eigenvalue weighted by atomic mass is 10.3. The quantitative estimate of drug-likeness (QED) is 0.624. The average Bonchev–Trinajstić information content (AvgIpc) is 2.24. The minimum Gasteiger partial charge on any atom is -0.481 e. The maximum Gasteiger partial charge on any atom is 0.303 e. The molecule has 0 aliphatic rings. The number of carboxylic acid groups (broad SMARTS) is 1. The van der Waals surface area contributed by atoms with Gasteiger partial charge in [0.2, 0.25) is 0 Å².